The number of nitrogens with zero attached hydrogens (tertiary/aromatic N) is 4. The fourth-order valence-corrected chi connectivity index (χ4v) is 4.24. The quantitative estimate of drug-likeness (QED) is 0.536. The first-order valence-electron chi connectivity index (χ1n) is 10.5. The molecule has 1 aliphatic heterocycles. The summed E-state index contributed by atoms with van der Waals surface area (Å²) >= 11 is 0. The van der Waals surface area contributed by atoms with Gasteiger partial charge in [0.25, 0.3) is 0 Å². The molecule has 0 saturated carbocycles. The van der Waals surface area contributed by atoms with E-state index >= 15 is 0 Å². The molecule has 1 aliphatic rings. The van der Waals surface area contributed by atoms with Crippen molar-refractivity contribution in [1.29, 1.82) is 0 Å². The number of aliphatic hydroxyl groups is 1. The molecule has 1 N–H and O–H groups in total. The van der Waals surface area contributed by atoms with Crippen molar-refractivity contribution in [2.45, 2.75) is 25.9 Å². The van der Waals surface area contributed by atoms with Gasteiger partial charge in [-0.15, -0.1) is 0 Å². The Morgan fingerprint density at radius 3 is 2.52 bits per heavy atom. The SMILES string of the molecule is CC(O)c1cnc2c(c1)c(-c1cncc(-c3ccc(N4CCCC4=O)cc3)c1)cn2C. The highest BCUT2D eigenvalue weighted by Gasteiger charge is 2.21. The third-order valence-electron chi connectivity index (χ3n) is 5.95. The smallest absolute Gasteiger partial charge is 0.227 e. The summed E-state index contributed by atoms with van der Waals surface area (Å²) in [5, 5.41) is 11.0. The molecule has 0 spiro atoms. The van der Waals surface area contributed by atoms with E-state index in [1.807, 2.05) is 65.4 Å². The van der Waals surface area contributed by atoms with Gasteiger partial charge < -0.3 is 14.6 Å². The van der Waals surface area contributed by atoms with Crippen LogP contribution >= 0.6 is 0 Å². The monoisotopic (exact) mass is 412 g/mol. The van der Waals surface area contributed by atoms with Gasteiger partial charge >= 0.3 is 0 Å². The van der Waals surface area contributed by atoms with Gasteiger partial charge in [0.1, 0.15) is 5.65 Å². The molecule has 6 nitrogen and oxygen atoms in total. The van der Waals surface area contributed by atoms with E-state index in [9.17, 15) is 9.90 Å². The fourth-order valence-electron chi connectivity index (χ4n) is 4.24. The van der Waals surface area contributed by atoms with Crippen molar-refractivity contribution < 1.29 is 9.90 Å². The number of rotatable bonds is 4. The third kappa shape index (κ3) is 3.49. The zero-order chi connectivity index (χ0) is 21.5. The minimum absolute atomic E-state index is 0.192. The van der Waals surface area contributed by atoms with E-state index in [1.165, 1.54) is 0 Å². The number of fused-ring (bicyclic) bond motifs is 1. The van der Waals surface area contributed by atoms with Crippen LogP contribution in [0.1, 0.15) is 31.4 Å². The van der Waals surface area contributed by atoms with Crippen LogP contribution in [0.5, 0.6) is 0 Å². The summed E-state index contributed by atoms with van der Waals surface area (Å²) in [6, 6.07) is 12.2. The Balaban J connectivity index is 1.52. The number of carbonyl (C=O) groups excluding carboxylic acids is 1. The van der Waals surface area contributed by atoms with Gasteiger partial charge in [-0.25, -0.2) is 4.98 Å². The molecule has 6 heteroatoms. The van der Waals surface area contributed by atoms with Crippen molar-refractivity contribution >= 4 is 22.6 Å². The average Bonchev–Trinajstić information content (AvgIpc) is 3.37. The highest BCUT2D eigenvalue weighted by molar-refractivity contribution is 5.96. The molecule has 1 fully saturated rings. The Morgan fingerprint density at radius 2 is 1.81 bits per heavy atom. The number of aromatic nitrogens is 3. The first kappa shape index (κ1) is 19.5. The number of carbonyl (C=O) groups is 1. The molecule has 156 valence electrons. The fraction of sp³-hybridized carbons (Fsp3) is 0.240. The van der Waals surface area contributed by atoms with E-state index in [2.05, 4.69) is 16.0 Å². The highest BCUT2D eigenvalue weighted by atomic mass is 16.3. The summed E-state index contributed by atoms with van der Waals surface area (Å²) in [4.78, 5) is 22.9. The van der Waals surface area contributed by atoms with E-state index in [4.69, 9.17) is 0 Å². The van der Waals surface area contributed by atoms with Crippen molar-refractivity contribution in [1.82, 2.24) is 14.5 Å². The Hall–Kier alpha value is -3.51. The number of amides is 1. The van der Waals surface area contributed by atoms with Gasteiger partial charge in [-0.1, -0.05) is 12.1 Å². The van der Waals surface area contributed by atoms with Gasteiger partial charge in [-0.3, -0.25) is 9.78 Å². The summed E-state index contributed by atoms with van der Waals surface area (Å²) in [5.74, 6) is 0.192. The summed E-state index contributed by atoms with van der Waals surface area (Å²) in [5.41, 5.74) is 6.68. The molecule has 1 amide bonds. The van der Waals surface area contributed by atoms with Gasteiger partial charge in [0.05, 0.1) is 6.10 Å². The van der Waals surface area contributed by atoms with Crippen molar-refractivity contribution in [3.63, 3.8) is 0 Å². The first-order chi connectivity index (χ1) is 15.0. The van der Waals surface area contributed by atoms with Crippen LogP contribution in [0.2, 0.25) is 0 Å². The molecular weight excluding hydrogens is 388 g/mol. The van der Waals surface area contributed by atoms with E-state index in [0.29, 0.717) is 6.42 Å². The maximum atomic E-state index is 12.0. The zero-order valence-electron chi connectivity index (χ0n) is 17.6. The first-order valence-corrected chi connectivity index (χ1v) is 10.5. The minimum Gasteiger partial charge on any atom is -0.389 e. The van der Waals surface area contributed by atoms with Crippen LogP contribution in [0, 0.1) is 0 Å². The largest absolute Gasteiger partial charge is 0.389 e. The molecule has 1 saturated heterocycles. The van der Waals surface area contributed by atoms with Crippen LogP contribution < -0.4 is 4.90 Å². The molecule has 0 aliphatic carbocycles. The van der Waals surface area contributed by atoms with Crippen LogP contribution in [0.4, 0.5) is 5.69 Å². The number of aryl methyl sites for hydroxylation is 1. The summed E-state index contributed by atoms with van der Waals surface area (Å²) in [7, 11) is 1.97. The van der Waals surface area contributed by atoms with Crippen molar-refractivity contribution in [2.75, 3.05) is 11.4 Å². The number of aliphatic hydroxyl groups excluding tert-OH is 1. The summed E-state index contributed by atoms with van der Waals surface area (Å²) in [6.07, 6.45) is 8.45. The standard InChI is InChI=1S/C25H24N4O2/c1-16(30)18-11-22-23(15-28(2)25(22)27-14-18)20-10-19(12-26-13-20)17-5-7-21(8-6-17)29-9-3-4-24(29)31/h5-8,10-16,30H,3-4,9H2,1-2H3. The molecule has 1 atom stereocenters. The molecule has 3 aromatic heterocycles. The maximum absolute atomic E-state index is 12.0. The zero-order valence-corrected chi connectivity index (χ0v) is 17.6. The molecule has 1 aromatic carbocycles. The Bertz CT molecular complexity index is 1270. The summed E-state index contributed by atoms with van der Waals surface area (Å²) in [6.45, 7) is 2.53. The number of hydrogen-bond acceptors (Lipinski definition) is 4. The van der Waals surface area contributed by atoms with Gasteiger partial charge in [0.15, 0.2) is 0 Å². The lowest BCUT2D eigenvalue weighted by Gasteiger charge is -2.16. The highest BCUT2D eigenvalue weighted by Crippen LogP contribution is 2.33. The van der Waals surface area contributed by atoms with Gasteiger partial charge in [0.2, 0.25) is 5.91 Å². The van der Waals surface area contributed by atoms with E-state index in [1.54, 1.807) is 13.1 Å². The number of pyridine rings is 2. The molecule has 0 bridgehead atoms. The van der Waals surface area contributed by atoms with Crippen LogP contribution in [-0.4, -0.2) is 32.1 Å². The molecular formula is C25H24N4O2. The van der Waals surface area contributed by atoms with Crippen molar-refractivity contribution in [2.24, 2.45) is 7.05 Å². The van der Waals surface area contributed by atoms with Crippen molar-refractivity contribution in [3.8, 4) is 22.3 Å². The second-order valence-corrected chi connectivity index (χ2v) is 8.13. The normalized spacial score (nSPS) is 15.1. The number of anilines is 1. The molecule has 4 aromatic rings. The van der Waals surface area contributed by atoms with Gasteiger partial charge in [-0.2, -0.15) is 0 Å². The Kier molecular flexibility index (Phi) is 4.79. The lowest BCUT2D eigenvalue weighted by atomic mass is 10.0. The molecule has 5 rings (SSSR count). The van der Waals surface area contributed by atoms with E-state index < -0.39 is 6.10 Å². The lowest BCUT2D eigenvalue weighted by Crippen LogP contribution is -2.23. The van der Waals surface area contributed by atoms with Crippen LogP contribution in [-0.2, 0) is 11.8 Å². The van der Waals surface area contributed by atoms with Gasteiger partial charge in [0, 0.05) is 72.6 Å². The average molecular weight is 412 g/mol. The lowest BCUT2D eigenvalue weighted by molar-refractivity contribution is -0.117. The van der Waals surface area contributed by atoms with Crippen LogP contribution in [0.15, 0.2) is 61.2 Å². The molecule has 4 heterocycles. The third-order valence-corrected chi connectivity index (χ3v) is 5.95. The van der Waals surface area contributed by atoms with Crippen molar-refractivity contribution in [3.05, 3.63) is 66.7 Å². The number of benzene rings is 1. The Labute approximate surface area is 180 Å². The van der Waals surface area contributed by atoms with E-state index in [-0.39, 0.29) is 5.91 Å². The molecule has 0 radical (unpaired) electrons. The maximum Gasteiger partial charge on any atom is 0.227 e. The Morgan fingerprint density at radius 1 is 1.03 bits per heavy atom. The molecule has 1 unspecified atom stereocenters. The van der Waals surface area contributed by atoms with Gasteiger partial charge in [-0.05, 0) is 48.7 Å². The number of hydrogen-bond donors (Lipinski definition) is 1. The second-order valence-electron chi connectivity index (χ2n) is 8.13. The minimum atomic E-state index is -0.574. The van der Waals surface area contributed by atoms with Crippen LogP contribution in [0.25, 0.3) is 33.3 Å². The summed E-state index contributed by atoms with van der Waals surface area (Å²) < 4.78 is 1.99. The molecule has 31 heavy (non-hydrogen) atoms. The van der Waals surface area contributed by atoms with E-state index in [0.717, 1.165) is 57.5 Å². The second kappa shape index (κ2) is 7.63. The topological polar surface area (TPSA) is 71.2 Å². The van der Waals surface area contributed by atoms with Crippen LogP contribution in [0.3, 0.4) is 0 Å². The predicted octanol–water partition coefficient (Wildman–Crippen LogP) is 4.48. The predicted molar refractivity (Wildman–Crippen MR) is 122 cm³/mol.